The van der Waals surface area contributed by atoms with Crippen LogP contribution in [0, 0.1) is 5.41 Å². The number of anilines is 2. The van der Waals surface area contributed by atoms with E-state index in [0.717, 1.165) is 12.3 Å². The Labute approximate surface area is 209 Å². The van der Waals surface area contributed by atoms with Gasteiger partial charge in [-0.1, -0.05) is 32.2 Å². The number of methoxy groups -OCH3 is 1. The third-order valence-electron chi connectivity index (χ3n) is 5.68. The van der Waals surface area contributed by atoms with Gasteiger partial charge in [0.1, 0.15) is 29.1 Å². The van der Waals surface area contributed by atoms with Gasteiger partial charge in [0.15, 0.2) is 5.82 Å². The van der Waals surface area contributed by atoms with E-state index in [-0.39, 0.29) is 34.9 Å². The van der Waals surface area contributed by atoms with E-state index in [4.69, 9.17) is 25.1 Å². The first kappa shape index (κ1) is 26.5. The van der Waals surface area contributed by atoms with Gasteiger partial charge in [0.05, 0.1) is 18.4 Å². The average Bonchev–Trinajstić information content (AvgIpc) is 3.46. The summed E-state index contributed by atoms with van der Waals surface area (Å²) in [5.74, 6) is 0.166. The van der Waals surface area contributed by atoms with Gasteiger partial charge >= 0.3 is 6.01 Å². The van der Waals surface area contributed by atoms with Crippen molar-refractivity contribution in [2.24, 2.45) is 12.8 Å². The third-order valence-corrected chi connectivity index (χ3v) is 5.68. The lowest BCUT2D eigenvalue weighted by Gasteiger charge is -2.30. The lowest BCUT2D eigenvalue weighted by molar-refractivity contribution is 0.154. The molecule has 3 rings (SSSR count). The van der Waals surface area contributed by atoms with Crippen LogP contribution in [0.25, 0.3) is 5.57 Å². The SMILES string of the molecule is C=CNc1c(C(=C/N)/C(F)=C\C(=C)OC)nn(C)c1C(=N)OC1CCN(c2nc(C(C)C)no2)CC1. The molecule has 0 aliphatic carbocycles. The second-order valence-corrected chi connectivity index (χ2v) is 8.51. The standard InChI is InChI=1S/C24H33FN8O3/c1-7-28-20-19(17(13-26)18(25)12-15(4)34-6)30-32(5)21(20)22(27)35-16-8-10-33(11-9-16)24-29-23(14(2)3)31-36-24/h7,12-14,16,27-28H,1,4,8-11,26H2,2-3,5-6H3/b17-13+,18-12+,27-22?. The van der Waals surface area contributed by atoms with E-state index in [1.807, 2.05) is 18.7 Å². The molecule has 1 fully saturated rings. The molecule has 11 nitrogen and oxygen atoms in total. The number of halogens is 1. The number of hydrogen-bond acceptors (Lipinski definition) is 10. The van der Waals surface area contributed by atoms with E-state index in [1.54, 1.807) is 7.05 Å². The number of nitrogens with zero attached hydrogens (tertiary/aromatic N) is 5. The number of nitrogens with two attached hydrogens (primary N) is 1. The number of aryl methyl sites for hydroxylation is 1. The molecule has 0 radical (unpaired) electrons. The molecule has 2 aromatic rings. The summed E-state index contributed by atoms with van der Waals surface area (Å²) in [4.78, 5) is 6.46. The van der Waals surface area contributed by atoms with Crippen molar-refractivity contribution >= 4 is 23.2 Å². The van der Waals surface area contributed by atoms with E-state index in [1.165, 1.54) is 18.0 Å². The Morgan fingerprint density at radius 2 is 2.06 bits per heavy atom. The second kappa shape index (κ2) is 11.6. The summed E-state index contributed by atoms with van der Waals surface area (Å²) < 4.78 is 32.7. The van der Waals surface area contributed by atoms with Crippen molar-refractivity contribution in [1.82, 2.24) is 19.9 Å². The summed E-state index contributed by atoms with van der Waals surface area (Å²) in [6, 6.07) is 0.494. The zero-order valence-corrected chi connectivity index (χ0v) is 21.0. The van der Waals surface area contributed by atoms with E-state index in [0.29, 0.717) is 49.2 Å². The smallest absolute Gasteiger partial charge is 0.324 e. The van der Waals surface area contributed by atoms with E-state index in [2.05, 4.69) is 33.7 Å². The Kier molecular flexibility index (Phi) is 8.51. The van der Waals surface area contributed by atoms with Crippen LogP contribution < -0.4 is 16.0 Å². The van der Waals surface area contributed by atoms with Gasteiger partial charge in [0.25, 0.3) is 0 Å². The molecule has 36 heavy (non-hydrogen) atoms. The van der Waals surface area contributed by atoms with Gasteiger partial charge in [0.2, 0.25) is 5.90 Å². The van der Waals surface area contributed by atoms with Gasteiger partial charge in [-0.15, -0.1) is 0 Å². The van der Waals surface area contributed by atoms with Gasteiger partial charge in [-0.05, 0) is 6.20 Å². The van der Waals surface area contributed by atoms with Crippen molar-refractivity contribution in [2.75, 3.05) is 30.4 Å². The summed E-state index contributed by atoms with van der Waals surface area (Å²) in [5.41, 5.74) is 6.58. The molecule has 12 heteroatoms. The molecule has 2 aromatic heterocycles. The topological polar surface area (TPSA) is 140 Å². The molecule has 4 N–H and O–H groups in total. The van der Waals surface area contributed by atoms with E-state index >= 15 is 0 Å². The minimum absolute atomic E-state index is 0.000771. The van der Waals surface area contributed by atoms with E-state index in [9.17, 15) is 4.39 Å². The number of hydrogen-bond donors (Lipinski definition) is 3. The van der Waals surface area contributed by atoms with Crippen molar-refractivity contribution in [2.45, 2.75) is 38.7 Å². The van der Waals surface area contributed by atoms with Crippen LogP contribution in [0.1, 0.15) is 49.8 Å². The van der Waals surface area contributed by atoms with Gasteiger partial charge in [0, 0.05) is 51.2 Å². The summed E-state index contributed by atoms with van der Waals surface area (Å²) in [6.45, 7) is 12.6. The number of ether oxygens (including phenoxy) is 2. The summed E-state index contributed by atoms with van der Waals surface area (Å²) >= 11 is 0. The predicted octanol–water partition coefficient (Wildman–Crippen LogP) is 3.81. The number of aromatic nitrogens is 4. The van der Waals surface area contributed by atoms with Crippen molar-refractivity contribution < 1.29 is 18.4 Å². The molecule has 0 bridgehead atoms. The highest BCUT2D eigenvalue weighted by molar-refractivity contribution is 5.99. The fourth-order valence-electron chi connectivity index (χ4n) is 3.74. The molecule has 0 saturated carbocycles. The normalized spacial score (nSPS) is 15.2. The van der Waals surface area contributed by atoms with Crippen LogP contribution in [0.4, 0.5) is 16.1 Å². The molecule has 0 atom stereocenters. The maximum Gasteiger partial charge on any atom is 0.324 e. The largest absolute Gasteiger partial charge is 0.497 e. The molecular formula is C24H33FN8O3. The molecule has 0 amide bonds. The Bertz CT molecular complexity index is 1170. The first-order valence-electron chi connectivity index (χ1n) is 11.5. The van der Waals surface area contributed by atoms with Crippen molar-refractivity contribution in [3.8, 4) is 0 Å². The summed E-state index contributed by atoms with van der Waals surface area (Å²) in [6.07, 6.45) is 4.71. The van der Waals surface area contributed by atoms with Crippen LogP contribution in [0.2, 0.25) is 0 Å². The molecule has 1 saturated heterocycles. The fourth-order valence-corrected chi connectivity index (χ4v) is 3.74. The number of allylic oxidation sites excluding steroid dienone is 3. The average molecular weight is 501 g/mol. The highest BCUT2D eigenvalue weighted by atomic mass is 19.1. The number of nitrogens with one attached hydrogen (secondary N) is 2. The molecule has 0 aromatic carbocycles. The molecular weight excluding hydrogens is 467 g/mol. The predicted molar refractivity (Wildman–Crippen MR) is 136 cm³/mol. The minimum atomic E-state index is -0.692. The molecule has 1 aliphatic heterocycles. The first-order valence-corrected chi connectivity index (χ1v) is 11.5. The zero-order valence-electron chi connectivity index (χ0n) is 21.0. The summed E-state index contributed by atoms with van der Waals surface area (Å²) in [5, 5.41) is 20.0. The first-order chi connectivity index (χ1) is 17.2. The van der Waals surface area contributed by atoms with Crippen LogP contribution >= 0.6 is 0 Å². The Morgan fingerprint density at radius 3 is 2.61 bits per heavy atom. The number of piperidine rings is 1. The van der Waals surface area contributed by atoms with Gasteiger partial charge in [-0.2, -0.15) is 10.1 Å². The Morgan fingerprint density at radius 1 is 1.36 bits per heavy atom. The monoisotopic (exact) mass is 500 g/mol. The minimum Gasteiger partial charge on any atom is -0.497 e. The zero-order chi connectivity index (χ0) is 26.4. The maximum atomic E-state index is 14.9. The Balaban J connectivity index is 1.76. The molecule has 0 spiro atoms. The van der Waals surface area contributed by atoms with Crippen LogP contribution in [0.3, 0.4) is 0 Å². The van der Waals surface area contributed by atoms with Crippen LogP contribution in [-0.4, -0.2) is 52.1 Å². The molecule has 1 aliphatic rings. The molecule has 194 valence electrons. The van der Waals surface area contributed by atoms with Crippen LogP contribution in [-0.2, 0) is 16.5 Å². The van der Waals surface area contributed by atoms with Gasteiger partial charge in [-0.25, -0.2) is 4.39 Å². The van der Waals surface area contributed by atoms with E-state index < -0.39 is 5.83 Å². The maximum absolute atomic E-state index is 14.9. The number of rotatable bonds is 10. The third kappa shape index (κ3) is 5.75. The lowest BCUT2D eigenvalue weighted by atomic mass is 10.1. The van der Waals surface area contributed by atoms with Crippen LogP contribution in [0.15, 0.2) is 47.7 Å². The second-order valence-electron chi connectivity index (χ2n) is 8.51. The van der Waals surface area contributed by atoms with Gasteiger partial charge in [-0.3, -0.25) is 10.1 Å². The van der Waals surface area contributed by atoms with Gasteiger partial charge < -0.3 is 29.9 Å². The highest BCUT2D eigenvalue weighted by Gasteiger charge is 2.29. The molecule has 0 unspecified atom stereocenters. The van der Waals surface area contributed by atoms with Crippen molar-refractivity contribution in [3.63, 3.8) is 0 Å². The van der Waals surface area contributed by atoms with Crippen molar-refractivity contribution in [3.05, 3.63) is 60.4 Å². The highest BCUT2D eigenvalue weighted by Crippen LogP contribution is 2.33. The van der Waals surface area contributed by atoms with Crippen LogP contribution in [0.5, 0.6) is 0 Å². The van der Waals surface area contributed by atoms with Crippen molar-refractivity contribution in [1.29, 1.82) is 5.41 Å². The Hall–Kier alpha value is -4.09. The lowest BCUT2D eigenvalue weighted by Crippen LogP contribution is -2.38. The summed E-state index contributed by atoms with van der Waals surface area (Å²) in [7, 11) is 3.02. The molecule has 3 heterocycles. The fraction of sp³-hybridized carbons (Fsp3) is 0.417. The quantitative estimate of drug-likeness (QED) is 0.192.